The van der Waals surface area contributed by atoms with E-state index < -0.39 is 0 Å². The third-order valence-corrected chi connectivity index (χ3v) is 7.32. The minimum Gasteiger partial charge on any atom is -0.504 e. The van der Waals surface area contributed by atoms with Gasteiger partial charge < -0.3 is 19.1 Å². The molecule has 2 bridgehead atoms. The Bertz CT molecular complexity index is 801. The lowest BCUT2D eigenvalue weighted by Crippen LogP contribution is -2.68. The van der Waals surface area contributed by atoms with Crippen LogP contribution in [-0.2, 0) is 21.4 Å². The zero-order valence-electron chi connectivity index (χ0n) is 16.0. The lowest BCUT2D eigenvalue weighted by atomic mass is 9.53. The standard InChI is InChI=1S/C21H27NO4/c1-5-22(2)9-8-21-12-16(23)18(26-4)11-14(21)15(22)10-13-6-7-17(25-3)20(24)19(13)21/h6-7,11,14-15H,5,8-10,12H2,1-4H3/p+1/t14-,15-,21-,22?/m0/s1. The number of carbonyl (C=O) groups excluding carboxylic acids is 1. The molecule has 1 saturated heterocycles. The van der Waals surface area contributed by atoms with E-state index in [1.807, 2.05) is 12.1 Å². The van der Waals surface area contributed by atoms with Crippen LogP contribution in [-0.4, -0.2) is 55.8 Å². The maximum Gasteiger partial charge on any atom is 0.197 e. The molecule has 0 radical (unpaired) electrons. The Morgan fingerprint density at radius 3 is 2.73 bits per heavy atom. The number of benzene rings is 1. The first-order valence-corrected chi connectivity index (χ1v) is 9.42. The van der Waals surface area contributed by atoms with Crippen molar-refractivity contribution in [3.05, 3.63) is 35.1 Å². The summed E-state index contributed by atoms with van der Waals surface area (Å²) in [4.78, 5) is 12.8. The molecule has 0 aromatic heterocycles. The molecule has 26 heavy (non-hydrogen) atoms. The molecule has 5 heteroatoms. The van der Waals surface area contributed by atoms with Gasteiger partial charge in [-0.1, -0.05) is 6.07 Å². The zero-order valence-corrected chi connectivity index (χ0v) is 16.0. The lowest BCUT2D eigenvalue weighted by Gasteiger charge is -2.59. The molecule has 1 N–H and O–H groups in total. The van der Waals surface area contributed by atoms with Crippen molar-refractivity contribution in [2.24, 2.45) is 5.92 Å². The molecule has 2 aliphatic carbocycles. The van der Waals surface area contributed by atoms with Crippen molar-refractivity contribution in [2.75, 3.05) is 34.4 Å². The van der Waals surface area contributed by atoms with Gasteiger partial charge in [-0.25, -0.2) is 0 Å². The highest BCUT2D eigenvalue weighted by Gasteiger charge is 2.61. The summed E-state index contributed by atoms with van der Waals surface area (Å²) < 4.78 is 11.8. The van der Waals surface area contributed by atoms with Gasteiger partial charge in [0.25, 0.3) is 0 Å². The summed E-state index contributed by atoms with van der Waals surface area (Å²) in [6, 6.07) is 4.30. The van der Waals surface area contributed by atoms with E-state index in [0.29, 0.717) is 24.0 Å². The van der Waals surface area contributed by atoms with Crippen LogP contribution >= 0.6 is 0 Å². The number of hydrogen-bond donors (Lipinski definition) is 1. The van der Waals surface area contributed by atoms with Crippen molar-refractivity contribution in [2.45, 2.75) is 37.6 Å². The van der Waals surface area contributed by atoms with Gasteiger partial charge >= 0.3 is 0 Å². The number of likely N-dealkylation sites (tertiary alicyclic amines) is 1. The topological polar surface area (TPSA) is 55.8 Å². The number of Topliss-reactive ketones (excluding diaryl/α,β-unsaturated/α-hetero) is 1. The van der Waals surface area contributed by atoms with E-state index in [2.05, 4.69) is 20.0 Å². The summed E-state index contributed by atoms with van der Waals surface area (Å²) in [6.07, 6.45) is 4.21. The second-order valence-electron chi connectivity index (χ2n) is 8.21. The average Bonchev–Trinajstić information content (AvgIpc) is 2.64. The Labute approximate surface area is 154 Å². The van der Waals surface area contributed by atoms with Crippen LogP contribution in [0.3, 0.4) is 0 Å². The molecule has 5 nitrogen and oxygen atoms in total. The quantitative estimate of drug-likeness (QED) is 0.844. The van der Waals surface area contributed by atoms with Crippen molar-refractivity contribution in [3.8, 4) is 11.5 Å². The molecule has 3 aliphatic rings. The number of quaternary nitrogens is 1. The van der Waals surface area contributed by atoms with Crippen LogP contribution in [0.2, 0.25) is 0 Å². The number of nitrogens with zero attached hydrogens (tertiary/aromatic N) is 1. The maximum atomic E-state index is 12.8. The van der Waals surface area contributed by atoms with Crippen LogP contribution in [0, 0.1) is 5.92 Å². The number of likely N-dealkylation sites (N-methyl/N-ethyl adjacent to an activating group) is 1. The van der Waals surface area contributed by atoms with Crippen molar-refractivity contribution in [1.29, 1.82) is 0 Å². The molecule has 4 rings (SSSR count). The van der Waals surface area contributed by atoms with Crippen molar-refractivity contribution in [3.63, 3.8) is 0 Å². The highest BCUT2D eigenvalue weighted by molar-refractivity contribution is 5.96. The number of ether oxygens (including phenoxy) is 2. The van der Waals surface area contributed by atoms with Crippen LogP contribution in [0.25, 0.3) is 0 Å². The molecule has 1 aromatic carbocycles. The predicted octanol–water partition coefficient (Wildman–Crippen LogP) is 2.55. The zero-order chi connectivity index (χ0) is 18.7. The number of aromatic hydroxyl groups is 1. The summed E-state index contributed by atoms with van der Waals surface area (Å²) >= 11 is 0. The number of phenols is 1. The first kappa shape index (κ1) is 17.4. The highest BCUT2D eigenvalue weighted by atomic mass is 16.5. The minimum absolute atomic E-state index is 0.0326. The van der Waals surface area contributed by atoms with Gasteiger partial charge in [0.15, 0.2) is 23.0 Å². The minimum atomic E-state index is -0.358. The van der Waals surface area contributed by atoms with Gasteiger partial charge in [0.2, 0.25) is 0 Å². The maximum absolute atomic E-state index is 12.8. The number of carbonyl (C=O) groups is 1. The average molecular weight is 358 g/mol. The van der Waals surface area contributed by atoms with E-state index in [9.17, 15) is 9.90 Å². The lowest BCUT2D eigenvalue weighted by molar-refractivity contribution is -0.942. The molecular weight excluding hydrogens is 330 g/mol. The van der Waals surface area contributed by atoms with Gasteiger partial charge in [0, 0.05) is 36.2 Å². The highest BCUT2D eigenvalue weighted by Crippen LogP contribution is 2.58. The number of methoxy groups -OCH3 is 2. The molecule has 1 aromatic rings. The molecule has 1 fully saturated rings. The van der Waals surface area contributed by atoms with Crippen LogP contribution in [0.15, 0.2) is 24.0 Å². The molecule has 0 spiro atoms. The second-order valence-corrected chi connectivity index (χ2v) is 8.21. The predicted molar refractivity (Wildman–Crippen MR) is 98.2 cm³/mol. The number of fused-ring (bicyclic) bond motifs is 1. The van der Waals surface area contributed by atoms with Crippen molar-refractivity contribution >= 4 is 5.78 Å². The first-order chi connectivity index (χ1) is 12.4. The molecule has 1 heterocycles. The Balaban J connectivity index is 1.98. The summed E-state index contributed by atoms with van der Waals surface area (Å²) in [7, 11) is 5.46. The Kier molecular flexibility index (Phi) is 3.85. The fraction of sp³-hybridized carbons (Fsp3) is 0.571. The Morgan fingerprint density at radius 2 is 2.08 bits per heavy atom. The number of piperidine rings is 1. The molecule has 0 saturated carbocycles. The van der Waals surface area contributed by atoms with E-state index in [0.717, 1.165) is 41.5 Å². The third-order valence-electron chi connectivity index (χ3n) is 7.32. The molecule has 140 valence electrons. The van der Waals surface area contributed by atoms with Crippen molar-refractivity contribution in [1.82, 2.24) is 0 Å². The number of phenolic OH excluding ortho intramolecular Hbond substituents is 1. The Hall–Kier alpha value is -2.01. The van der Waals surface area contributed by atoms with Gasteiger partial charge in [-0.15, -0.1) is 0 Å². The summed E-state index contributed by atoms with van der Waals surface area (Å²) in [5, 5.41) is 11.0. The summed E-state index contributed by atoms with van der Waals surface area (Å²) in [6.45, 7) is 4.30. The first-order valence-electron chi connectivity index (χ1n) is 9.42. The molecule has 0 amide bonds. The third kappa shape index (κ3) is 2.10. The number of ketones is 1. The Morgan fingerprint density at radius 1 is 1.31 bits per heavy atom. The second kappa shape index (κ2) is 5.74. The smallest absolute Gasteiger partial charge is 0.197 e. The molecule has 4 atom stereocenters. The molecule has 1 unspecified atom stereocenters. The molecular formula is C21H28NO4+. The van der Waals surface area contributed by atoms with Crippen LogP contribution in [0.1, 0.15) is 30.9 Å². The van der Waals surface area contributed by atoms with E-state index in [4.69, 9.17) is 9.47 Å². The van der Waals surface area contributed by atoms with Gasteiger partial charge in [0.05, 0.1) is 34.4 Å². The largest absolute Gasteiger partial charge is 0.504 e. The van der Waals surface area contributed by atoms with E-state index >= 15 is 0 Å². The fourth-order valence-corrected chi connectivity index (χ4v) is 5.68. The molecule has 1 aliphatic heterocycles. The number of hydrogen-bond acceptors (Lipinski definition) is 4. The van der Waals surface area contributed by atoms with E-state index in [1.54, 1.807) is 14.2 Å². The van der Waals surface area contributed by atoms with E-state index in [-0.39, 0.29) is 22.9 Å². The summed E-state index contributed by atoms with van der Waals surface area (Å²) in [5.41, 5.74) is 1.73. The normalized spacial score (nSPS) is 35.2. The van der Waals surface area contributed by atoms with Gasteiger partial charge in [0.1, 0.15) is 6.04 Å². The van der Waals surface area contributed by atoms with Crippen LogP contribution in [0.4, 0.5) is 0 Å². The van der Waals surface area contributed by atoms with E-state index in [1.165, 1.54) is 0 Å². The summed E-state index contributed by atoms with van der Waals surface area (Å²) in [5.74, 6) is 1.39. The fourth-order valence-electron chi connectivity index (χ4n) is 5.68. The van der Waals surface area contributed by atoms with Gasteiger partial charge in [-0.05, 0) is 24.6 Å². The monoisotopic (exact) mass is 358 g/mol. The van der Waals surface area contributed by atoms with Crippen LogP contribution < -0.4 is 4.74 Å². The van der Waals surface area contributed by atoms with Gasteiger partial charge in [-0.3, -0.25) is 4.79 Å². The van der Waals surface area contributed by atoms with Crippen molar-refractivity contribution < 1.29 is 23.9 Å². The number of allylic oxidation sites excluding steroid dienone is 1. The SMILES string of the molecule is CC[N+]1(C)CC[C@]23CC(=O)C(OC)=C[C@H]2[C@@H]1Cc1ccc(OC)c(O)c13. The van der Waals surface area contributed by atoms with Crippen LogP contribution in [0.5, 0.6) is 11.5 Å². The van der Waals surface area contributed by atoms with Gasteiger partial charge in [-0.2, -0.15) is 0 Å². The number of rotatable bonds is 3.